The molecule has 1 saturated heterocycles. The molecule has 6 heteroatoms. The number of benzene rings is 2. The van der Waals surface area contributed by atoms with Gasteiger partial charge < -0.3 is 19.5 Å². The molecular weight excluding hydrogens is 382 g/mol. The maximum absolute atomic E-state index is 12.3. The number of rotatable bonds is 7. The van der Waals surface area contributed by atoms with E-state index in [0.717, 1.165) is 44.3 Å². The number of carbonyl (C=O) groups is 2. The summed E-state index contributed by atoms with van der Waals surface area (Å²) in [6.07, 6.45) is 5.18. The highest BCUT2D eigenvalue weighted by atomic mass is 16.5. The summed E-state index contributed by atoms with van der Waals surface area (Å²) < 4.78 is 16.4. The largest absolute Gasteiger partial charge is 0.491 e. The summed E-state index contributed by atoms with van der Waals surface area (Å²) in [5, 5.41) is 2.99. The van der Waals surface area contributed by atoms with Gasteiger partial charge in [-0.1, -0.05) is 24.3 Å². The quantitative estimate of drug-likeness (QED) is 0.708. The summed E-state index contributed by atoms with van der Waals surface area (Å²) in [7, 11) is 0. The van der Waals surface area contributed by atoms with E-state index in [1.807, 2.05) is 18.2 Å². The number of ether oxygens (including phenoxy) is 3. The van der Waals surface area contributed by atoms with Gasteiger partial charge in [0.1, 0.15) is 12.4 Å². The van der Waals surface area contributed by atoms with E-state index in [1.165, 1.54) is 5.56 Å². The predicted octanol–water partition coefficient (Wildman–Crippen LogP) is 3.60. The normalized spacial score (nSPS) is 20.3. The van der Waals surface area contributed by atoms with E-state index in [-0.39, 0.29) is 24.7 Å². The van der Waals surface area contributed by atoms with Crippen LogP contribution in [0, 0.1) is 0 Å². The third-order valence-corrected chi connectivity index (χ3v) is 5.59. The van der Waals surface area contributed by atoms with Crippen molar-refractivity contribution in [2.45, 2.75) is 44.2 Å². The van der Waals surface area contributed by atoms with Gasteiger partial charge in [-0.15, -0.1) is 0 Å². The Morgan fingerprint density at radius 1 is 1.03 bits per heavy atom. The second-order valence-corrected chi connectivity index (χ2v) is 7.76. The van der Waals surface area contributed by atoms with Crippen molar-refractivity contribution in [2.75, 3.05) is 19.8 Å². The molecule has 0 bridgehead atoms. The Kier molecular flexibility index (Phi) is 6.64. The lowest BCUT2D eigenvalue weighted by atomic mass is 9.88. The van der Waals surface area contributed by atoms with E-state index in [2.05, 4.69) is 11.4 Å². The van der Waals surface area contributed by atoms with Gasteiger partial charge in [0.05, 0.1) is 17.7 Å². The van der Waals surface area contributed by atoms with Crippen molar-refractivity contribution < 1.29 is 23.8 Å². The monoisotopic (exact) mass is 409 g/mol. The lowest BCUT2D eigenvalue weighted by molar-refractivity contribution is -0.125. The molecule has 6 nitrogen and oxygen atoms in total. The summed E-state index contributed by atoms with van der Waals surface area (Å²) in [4.78, 5) is 24.6. The topological polar surface area (TPSA) is 73.9 Å². The number of amides is 1. The highest BCUT2D eigenvalue weighted by Crippen LogP contribution is 2.29. The Morgan fingerprint density at radius 2 is 1.87 bits per heavy atom. The second kappa shape index (κ2) is 9.76. The van der Waals surface area contributed by atoms with Gasteiger partial charge in [0.2, 0.25) is 0 Å². The van der Waals surface area contributed by atoms with E-state index in [1.54, 1.807) is 24.3 Å². The van der Waals surface area contributed by atoms with Crippen LogP contribution in [0.4, 0.5) is 0 Å². The van der Waals surface area contributed by atoms with Gasteiger partial charge in [0, 0.05) is 6.61 Å². The first kappa shape index (κ1) is 20.4. The number of fused-ring (bicyclic) bond motifs is 1. The number of aryl methyl sites for hydroxylation is 1. The minimum absolute atomic E-state index is 0.0265. The molecule has 0 spiro atoms. The molecule has 1 amide bonds. The molecule has 1 N–H and O–H groups in total. The average Bonchev–Trinajstić information content (AvgIpc) is 3.30. The summed E-state index contributed by atoms with van der Waals surface area (Å²) in [6, 6.07) is 14.9. The maximum atomic E-state index is 12.3. The molecular formula is C24H27NO5. The summed E-state index contributed by atoms with van der Waals surface area (Å²) in [6.45, 7) is 1.00. The zero-order chi connectivity index (χ0) is 20.8. The van der Waals surface area contributed by atoms with Crippen LogP contribution in [0.1, 0.15) is 53.2 Å². The number of hydrogen-bond acceptors (Lipinski definition) is 5. The van der Waals surface area contributed by atoms with Crippen molar-refractivity contribution in [2.24, 2.45) is 0 Å². The van der Waals surface area contributed by atoms with Gasteiger partial charge in [-0.05, 0) is 67.5 Å². The Labute approximate surface area is 176 Å². The number of hydrogen-bond donors (Lipinski definition) is 1. The van der Waals surface area contributed by atoms with Crippen LogP contribution in [0.15, 0.2) is 48.5 Å². The summed E-state index contributed by atoms with van der Waals surface area (Å²) in [5.74, 6) is -0.141. The van der Waals surface area contributed by atoms with Gasteiger partial charge in [-0.2, -0.15) is 0 Å². The third kappa shape index (κ3) is 5.19. The van der Waals surface area contributed by atoms with Crippen LogP contribution in [0.3, 0.4) is 0 Å². The molecule has 0 unspecified atom stereocenters. The van der Waals surface area contributed by atoms with Crippen LogP contribution in [-0.4, -0.2) is 37.8 Å². The molecule has 1 fully saturated rings. The lowest BCUT2D eigenvalue weighted by Gasteiger charge is -2.26. The van der Waals surface area contributed by atoms with Crippen molar-refractivity contribution in [3.63, 3.8) is 0 Å². The molecule has 2 aromatic rings. The Bertz CT molecular complexity index is 873. The van der Waals surface area contributed by atoms with Crippen LogP contribution in [0.2, 0.25) is 0 Å². The highest BCUT2D eigenvalue weighted by Gasteiger charge is 2.22. The molecule has 1 aliphatic heterocycles. The standard InChI is InChI=1S/C24H27NO5/c26-23(25-22-9-3-6-17-5-1-2-8-21(17)22)16-30-24(27)18-10-12-19(13-11-18)29-15-20-7-4-14-28-20/h1-2,5,8,10-13,20,22H,3-4,6-7,9,14-16H2,(H,25,26)/t20-,22-/m0/s1. The predicted molar refractivity (Wildman–Crippen MR) is 111 cm³/mol. The molecule has 0 aromatic heterocycles. The molecule has 1 aliphatic carbocycles. The number of nitrogens with one attached hydrogen (secondary N) is 1. The first-order valence-corrected chi connectivity index (χ1v) is 10.6. The van der Waals surface area contributed by atoms with Crippen molar-refractivity contribution in [1.82, 2.24) is 5.32 Å². The molecule has 0 radical (unpaired) electrons. The molecule has 30 heavy (non-hydrogen) atoms. The Balaban J connectivity index is 1.24. The fourth-order valence-electron chi connectivity index (χ4n) is 4.01. The Hall–Kier alpha value is -2.86. The van der Waals surface area contributed by atoms with Crippen molar-refractivity contribution >= 4 is 11.9 Å². The molecule has 158 valence electrons. The first-order valence-electron chi connectivity index (χ1n) is 10.6. The lowest BCUT2D eigenvalue weighted by Crippen LogP contribution is -2.34. The zero-order valence-electron chi connectivity index (χ0n) is 17.0. The van der Waals surface area contributed by atoms with Crippen LogP contribution < -0.4 is 10.1 Å². The minimum atomic E-state index is -0.528. The van der Waals surface area contributed by atoms with Crippen LogP contribution >= 0.6 is 0 Å². The molecule has 2 aromatic carbocycles. The highest BCUT2D eigenvalue weighted by molar-refractivity contribution is 5.91. The van der Waals surface area contributed by atoms with E-state index < -0.39 is 5.97 Å². The van der Waals surface area contributed by atoms with Crippen molar-refractivity contribution in [3.05, 3.63) is 65.2 Å². The third-order valence-electron chi connectivity index (χ3n) is 5.59. The zero-order valence-corrected chi connectivity index (χ0v) is 17.0. The number of esters is 1. The SMILES string of the molecule is O=C(COC(=O)c1ccc(OC[C@@H]2CCCO2)cc1)N[C@H]1CCCc2ccccc21. The number of carbonyl (C=O) groups excluding carboxylic acids is 2. The van der Waals surface area contributed by atoms with Gasteiger partial charge in [0.25, 0.3) is 5.91 Å². The smallest absolute Gasteiger partial charge is 0.338 e. The van der Waals surface area contributed by atoms with E-state index in [9.17, 15) is 9.59 Å². The van der Waals surface area contributed by atoms with Gasteiger partial charge >= 0.3 is 5.97 Å². The van der Waals surface area contributed by atoms with Crippen LogP contribution in [-0.2, 0) is 20.7 Å². The van der Waals surface area contributed by atoms with Gasteiger partial charge in [0.15, 0.2) is 6.61 Å². The maximum Gasteiger partial charge on any atom is 0.338 e. The van der Waals surface area contributed by atoms with Crippen LogP contribution in [0.5, 0.6) is 5.75 Å². The van der Waals surface area contributed by atoms with E-state index >= 15 is 0 Å². The summed E-state index contributed by atoms with van der Waals surface area (Å²) in [5.41, 5.74) is 2.81. The Morgan fingerprint density at radius 3 is 2.67 bits per heavy atom. The molecule has 2 atom stereocenters. The van der Waals surface area contributed by atoms with Crippen molar-refractivity contribution in [1.29, 1.82) is 0 Å². The summed E-state index contributed by atoms with van der Waals surface area (Å²) >= 11 is 0. The molecule has 4 rings (SSSR count). The van der Waals surface area contributed by atoms with Gasteiger partial charge in [-0.25, -0.2) is 4.79 Å². The first-order chi connectivity index (χ1) is 14.7. The molecule has 1 heterocycles. The molecule has 2 aliphatic rings. The van der Waals surface area contributed by atoms with E-state index in [4.69, 9.17) is 14.2 Å². The minimum Gasteiger partial charge on any atom is -0.491 e. The average molecular weight is 409 g/mol. The second-order valence-electron chi connectivity index (χ2n) is 7.76. The van der Waals surface area contributed by atoms with Gasteiger partial charge in [-0.3, -0.25) is 4.79 Å². The van der Waals surface area contributed by atoms with Crippen molar-refractivity contribution in [3.8, 4) is 5.75 Å². The van der Waals surface area contributed by atoms with Crippen LogP contribution in [0.25, 0.3) is 0 Å². The van der Waals surface area contributed by atoms with E-state index in [0.29, 0.717) is 17.9 Å². The fourth-order valence-corrected chi connectivity index (χ4v) is 4.01. The fraction of sp³-hybridized carbons (Fsp3) is 0.417. The molecule has 0 saturated carbocycles.